The molecule has 0 radical (unpaired) electrons. The third-order valence-corrected chi connectivity index (χ3v) is 4.13. The highest BCUT2D eigenvalue weighted by Crippen LogP contribution is 2.24. The van der Waals surface area contributed by atoms with Crippen molar-refractivity contribution in [3.05, 3.63) is 0 Å². The molecule has 3 amide bonds. The smallest absolute Gasteiger partial charge is 0.242 e. The third-order valence-electron chi connectivity index (χ3n) is 4.13. The van der Waals surface area contributed by atoms with Crippen LogP contribution in [0.25, 0.3) is 0 Å². The van der Waals surface area contributed by atoms with Crippen LogP contribution >= 0.6 is 0 Å². The molecule has 1 fully saturated rings. The van der Waals surface area contributed by atoms with Gasteiger partial charge in [-0.25, -0.2) is 0 Å². The predicted molar refractivity (Wildman–Crippen MR) is 88.5 cm³/mol. The van der Waals surface area contributed by atoms with E-state index in [1.165, 1.54) is 4.90 Å². The molecule has 1 atom stereocenters. The van der Waals surface area contributed by atoms with Gasteiger partial charge in [-0.2, -0.15) is 0 Å². The lowest BCUT2D eigenvalue weighted by atomic mass is 9.96. The summed E-state index contributed by atoms with van der Waals surface area (Å²) in [5, 5.41) is 2.56. The first kappa shape index (κ1) is 19.4. The molecular weight excluding hydrogens is 296 g/mol. The van der Waals surface area contributed by atoms with E-state index in [-0.39, 0.29) is 42.8 Å². The fraction of sp³-hybridized carbons (Fsp3) is 0.812. The molecule has 23 heavy (non-hydrogen) atoms. The summed E-state index contributed by atoms with van der Waals surface area (Å²) in [5.74, 6) is -0.686. The standard InChI is InChI=1S/C16H30N4O3/c1-10(2)14(17)15(23)18-7-12(21)19-8-13(22)20(11(3)4)16(5,6)9-19/h10-11,14H,7-9,17H2,1-6H3,(H,18,23)/t14-/m0/s1. The van der Waals surface area contributed by atoms with E-state index in [1.54, 1.807) is 0 Å². The van der Waals surface area contributed by atoms with Crippen LogP contribution in [-0.2, 0) is 14.4 Å². The minimum atomic E-state index is -0.640. The number of carbonyl (C=O) groups excluding carboxylic acids is 3. The van der Waals surface area contributed by atoms with E-state index in [1.807, 2.05) is 46.4 Å². The molecule has 0 unspecified atom stereocenters. The Labute approximate surface area is 138 Å². The van der Waals surface area contributed by atoms with E-state index in [4.69, 9.17) is 5.73 Å². The Morgan fingerprint density at radius 1 is 1.26 bits per heavy atom. The van der Waals surface area contributed by atoms with Gasteiger partial charge < -0.3 is 20.9 Å². The Hall–Kier alpha value is -1.63. The Kier molecular flexibility index (Phi) is 6.16. The molecule has 132 valence electrons. The van der Waals surface area contributed by atoms with Gasteiger partial charge in [0.2, 0.25) is 17.7 Å². The summed E-state index contributed by atoms with van der Waals surface area (Å²) in [6.45, 7) is 11.9. The number of nitrogens with zero attached hydrogens (tertiary/aromatic N) is 2. The summed E-state index contributed by atoms with van der Waals surface area (Å²) in [7, 11) is 0. The number of nitrogens with one attached hydrogen (secondary N) is 1. The second kappa shape index (κ2) is 7.29. The monoisotopic (exact) mass is 326 g/mol. The van der Waals surface area contributed by atoms with E-state index in [0.29, 0.717) is 6.54 Å². The van der Waals surface area contributed by atoms with Gasteiger partial charge in [0.15, 0.2) is 0 Å². The third kappa shape index (κ3) is 4.67. The second-order valence-electron chi connectivity index (χ2n) is 7.41. The Morgan fingerprint density at radius 3 is 2.26 bits per heavy atom. The molecule has 0 aliphatic carbocycles. The largest absolute Gasteiger partial charge is 0.346 e. The zero-order valence-corrected chi connectivity index (χ0v) is 15.0. The number of hydrogen-bond acceptors (Lipinski definition) is 4. The van der Waals surface area contributed by atoms with Gasteiger partial charge in [0.05, 0.1) is 24.7 Å². The molecular formula is C16H30N4O3. The highest BCUT2D eigenvalue weighted by Gasteiger charge is 2.41. The van der Waals surface area contributed by atoms with Gasteiger partial charge in [-0.05, 0) is 33.6 Å². The van der Waals surface area contributed by atoms with Crippen molar-refractivity contribution in [3.8, 4) is 0 Å². The summed E-state index contributed by atoms with van der Waals surface area (Å²) in [5.41, 5.74) is 5.31. The molecule has 3 N–H and O–H groups in total. The number of nitrogens with two attached hydrogens (primary N) is 1. The molecule has 1 rings (SSSR count). The van der Waals surface area contributed by atoms with Crippen molar-refractivity contribution >= 4 is 17.7 Å². The van der Waals surface area contributed by atoms with Crippen LogP contribution in [0.15, 0.2) is 0 Å². The predicted octanol–water partition coefficient (Wildman–Crippen LogP) is -0.0563. The summed E-state index contributed by atoms with van der Waals surface area (Å²) in [4.78, 5) is 39.8. The van der Waals surface area contributed by atoms with Crippen LogP contribution in [0.3, 0.4) is 0 Å². The molecule has 0 aromatic carbocycles. The average Bonchev–Trinajstić information content (AvgIpc) is 2.40. The molecule has 0 bridgehead atoms. The maximum absolute atomic E-state index is 12.3. The average molecular weight is 326 g/mol. The van der Waals surface area contributed by atoms with E-state index in [9.17, 15) is 14.4 Å². The lowest BCUT2D eigenvalue weighted by Crippen LogP contribution is -2.65. The van der Waals surface area contributed by atoms with Gasteiger partial charge in [-0.3, -0.25) is 14.4 Å². The van der Waals surface area contributed by atoms with E-state index >= 15 is 0 Å². The number of rotatable bonds is 5. The molecule has 1 saturated heterocycles. The SMILES string of the molecule is CC(C)[C@H](N)C(=O)NCC(=O)N1CC(=O)N(C(C)C)C(C)(C)C1. The van der Waals surface area contributed by atoms with Crippen LogP contribution in [0.1, 0.15) is 41.5 Å². The van der Waals surface area contributed by atoms with Crippen molar-refractivity contribution < 1.29 is 14.4 Å². The second-order valence-corrected chi connectivity index (χ2v) is 7.41. The molecule has 1 aliphatic heterocycles. The number of amides is 3. The van der Waals surface area contributed by atoms with E-state index < -0.39 is 11.6 Å². The lowest BCUT2D eigenvalue weighted by Gasteiger charge is -2.48. The van der Waals surface area contributed by atoms with Crippen LogP contribution in [0.2, 0.25) is 0 Å². The van der Waals surface area contributed by atoms with Crippen LogP contribution in [-0.4, -0.2) is 64.8 Å². The molecule has 7 heteroatoms. The zero-order chi connectivity index (χ0) is 17.9. The molecule has 0 saturated carbocycles. The van der Waals surface area contributed by atoms with Gasteiger partial charge in [-0.1, -0.05) is 13.8 Å². The summed E-state index contributed by atoms with van der Waals surface area (Å²) >= 11 is 0. The normalized spacial score (nSPS) is 19.3. The van der Waals surface area contributed by atoms with Crippen molar-refractivity contribution in [1.29, 1.82) is 0 Å². The molecule has 1 aliphatic rings. The van der Waals surface area contributed by atoms with E-state index in [0.717, 1.165) is 0 Å². The van der Waals surface area contributed by atoms with Crippen LogP contribution < -0.4 is 11.1 Å². The first-order valence-electron chi connectivity index (χ1n) is 8.10. The van der Waals surface area contributed by atoms with E-state index in [2.05, 4.69) is 5.32 Å². The first-order chi connectivity index (χ1) is 10.5. The van der Waals surface area contributed by atoms with Crippen molar-refractivity contribution in [2.75, 3.05) is 19.6 Å². The quantitative estimate of drug-likeness (QED) is 0.740. The molecule has 7 nitrogen and oxygen atoms in total. The van der Waals surface area contributed by atoms with Crippen molar-refractivity contribution in [2.24, 2.45) is 11.7 Å². The first-order valence-corrected chi connectivity index (χ1v) is 8.10. The fourth-order valence-corrected chi connectivity index (χ4v) is 3.03. The van der Waals surface area contributed by atoms with Crippen molar-refractivity contribution in [1.82, 2.24) is 15.1 Å². The van der Waals surface area contributed by atoms with Gasteiger partial charge in [0.25, 0.3) is 0 Å². The van der Waals surface area contributed by atoms with Gasteiger partial charge in [0, 0.05) is 12.6 Å². The maximum atomic E-state index is 12.3. The highest BCUT2D eigenvalue weighted by molar-refractivity contribution is 5.90. The van der Waals surface area contributed by atoms with Crippen LogP contribution in [0.5, 0.6) is 0 Å². The topological polar surface area (TPSA) is 95.7 Å². The van der Waals surface area contributed by atoms with Crippen molar-refractivity contribution in [3.63, 3.8) is 0 Å². The van der Waals surface area contributed by atoms with Gasteiger partial charge in [-0.15, -0.1) is 0 Å². The number of carbonyl (C=O) groups is 3. The lowest BCUT2D eigenvalue weighted by molar-refractivity contribution is -0.155. The Balaban J connectivity index is 2.65. The Morgan fingerprint density at radius 2 is 1.83 bits per heavy atom. The highest BCUT2D eigenvalue weighted by atomic mass is 16.2. The minimum absolute atomic E-state index is 0.000185. The summed E-state index contributed by atoms with van der Waals surface area (Å²) in [6, 6.07) is -0.558. The summed E-state index contributed by atoms with van der Waals surface area (Å²) < 4.78 is 0. The number of hydrogen-bond donors (Lipinski definition) is 2. The van der Waals surface area contributed by atoms with Crippen LogP contribution in [0, 0.1) is 5.92 Å². The van der Waals surface area contributed by atoms with Crippen LogP contribution in [0.4, 0.5) is 0 Å². The molecule has 0 spiro atoms. The Bertz CT molecular complexity index is 474. The zero-order valence-electron chi connectivity index (χ0n) is 15.0. The van der Waals surface area contributed by atoms with Gasteiger partial charge >= 0.3 is 0 Å². The summed E-state index contributed by atoms with van der Waals surface area (Å²) in [6.07, 6.45) is 0. The molecule has 1 heterocycles. The molecule has 0 aromatic heterocycles. The maximum Gasteiger partial charge on any atom is 0.242 e. The van der Waals surface area contributed by atoms with Crippen molar-refractivity contribution in [2.45, 2.75) is 59.2 Å². The fourth-order valence-electron chi connectivity index (χ4n) is 3.03. The van der Waals surface area contributed by atoms with Gasteiger partial charge in [0.1, 0.15) is 0 Å². The molecule has 0 aromatic rings. The number of piperazine rings is 1. The minimum Gasteiger partial charge on any atom is -0.346 e.